The first-order valence-corrected chi connectivity index (χ1v) is 15.1. The van der Waals surface area contributed by atoms with Gasteiger partial charge in [0.15, 0.2) is 0 Å². The minimum Gasteiger partial charge on any atom is -0.373 e. The zero-order chi connectivity index (χ0) is 25.6. The molecule has 1 unspecified atom stereocenters. The summed E-state index contributed by atoms with van der Waals surface area (Å²) in [7, 11) is -3.31. The van der Waals surface area contributed by atoms with Crippen LogP contribution in [0.1, 0.15) is 93.4 Å². The van der Waals surface area contributed by atoms with Crippen LogP contribution >= 0.6 is 7.60 Å². The number of hydrogen-bond donors (Lipinski definition) is 1. The smallest absolute Gasteiger partial charge is 0.331 e. The maximum atomic E-state index is 13.4. The summed E-state index contributed by atoms with van der Waals surface area (Å²) in [6.07, 6.45) is 3.93. The summed E-state index contributed by atoms with van der Waals surface area (Å²) in [5, 5.41) is 0. The largest absolute Gasteiger partial charge is 0.373 e. The molecule has 0 spiro atoms. The van der Waals surface area contributed by atoms with Gasteiger partial charge in [-0.1, -0.05) is 40.0 Å². The Hall–Kier alpha value is -0.0500. The van der Waals surface area contributed by atoms with Gasteiger partial charge in [-0.05, 0) is 53.4 Å². The summed E-state index contributed by atoms with van der Waals surface area (Å²) in [4.78, 5) is 0. The third kappa shape index (κ3) is 11.8. The van der Waals surface area contributed by atoms with Crippen molar-refractivity contribution in [1.29, 1.82) is 0 Å². The van der Waals surface area contributed by atoms with Gasteiger partial charge in [-0.15, -0.1) is 0 Å². The first-order valence-electron chi connectivity index (χ1n) is 13.4. The lowest BCUT2D eigenvalue weighted by Gasteiger charge is -2.45. The minimum absolute atomic E-state index is 0.211. The van der Waals surface area contributed by atoms with Gasteiger partial charge in [0, 0.05) is 19.8 Å². The van der Waals surface area contributed by atoms with Gasteiger partial charge in [-0.3, -0.25) is 4.57 Å². The Kier molecular flexibility index (Phi) is 16.4. The quantitative estimate of drug-likeness (QED) is 0.176. The zero-order valence-corrected chi connectivity index (χ0v) is 23.6. The maximum absolute atomic E-state index is 13.4. The Morgan fingerprint density at radius 2 is 1.21 bits per heavy atom. The van der Waals surface area contributed by atoms with Gasteiger partial charge in [-0.2, -0.15) is 0 Å². The molecule has 2 N–H and O–H groups in total. The molecule has 204 valence electrons. The molecule has 0 saturated carbocycles. The van der Waals surface area contributed by atoms with Crippen LogP contribution in [0.25, 0.3) is 0 Å². The van der Waals surface area contributed by atoms with Crippen LogP contribution in [-0.4, -0.2) is 68.8 Å². The van der Waals surface area contributed by atoms with E-state index in [0.29, 0.717) is 26.2 Å². The minimum atomic E-state index is -3.31. The van der Waals surface area contributed by atoms with Crippen LogP contribution < -0.4 is 5.73 Å². The van der Waals surface area contributed by atoms with Crippen molar-refractivity contribution in [3.05, 3.63) is 0 Å². The number of ether oxygens (including phenoxy) is 4. The van der Waals surface area contributed by atoms with Gasteiger partial charge in [0.25, 0.3) is 0 Å². The third-order valence-corrected chi connectivity index (χ3v) is 7.82. The van der Waals surface area contributed by atoms with Crippen molar-refractivity contribution < 1.29 is 32.6 Å². The Balaban J connectivity index is 3.08. The molecular formula is C25H52NO7P. The summed E-state index contributed by atoms with van der Waals surface area (Å²) >= 11 is 0. The average molecular weight is 510 g/mol. The molecule has 0 amide bonds. The summed E-state index contributed by atoms with van der Waals surface area (Å²) in [5.41, 5.74) is 6.45. The fraction of sp³-hybridized carbons (Fsp3) is 1.00. The molecule has 1 aliphatic heterocycles. The van der Waals surface area contributed by atoms with Crippen molar-refractivity contribution in [2.24, 2.45) is 5.73 Å². The van der Waals surface area contributed by atoms with Crippen molar-refractivity contribution >= 4 is 7.60 Å². The van der Waals surface area contributed by atoms with Crippen LogP contribution in [0.3, 0.4) is 0 Å². The molecular weight excluding hydrogens is 457 g/mol. The predicted molar refractivity (Wildman–Crippen MR) is 136 cm³/mol. The van der Waals surface area contributed by atoms with E-state index in [1.807, 2.05) is 27.7 Å². The van der Waals surface area contributed by atoms with Crippen molar-refractivity contribution in [3.63, 3.8) is 0 Å². The van der Waals surface area contributed by atoms with Gasteiger partial charge >= 0.3 is 7.60 Å². The number of hydrogen-bond acceptors (Lipinski definition) is 8. The molecule has 8 nitrogen and oxygen atoms in total. The molecule has 34 heavy (non-hydrogen) atoms. The van der Waals surface area contributed by atoms with E-state index in [-0.39, 0.29) is 30.6 Å². The van der Waals surface area contributed by atoms with E-state index in [1.165, 1.54) is 0 Å². The average Bonchev–Trinajstić information content (AvgIpc) is 2.74. The highest BCUT2D eigenvalue weighted by atomic mass is 31.2. The van der Waals surface area contributed by atoms with E-state index in [2.05, 4.69) is 20.8 Å². The number of nitrogens with two attached hydrogens (primary N) is 1. The zero-order valence-electron chi connectivity index (χ0n) is 22.7. The monoisotopic (exact) mass is 509 g/mol. The molecule has 1 fully saturated rings. The Labute approximate surface area is 208 Å². The summed E-state index contributed by atoms with van der Waals surface area (Å²) in [5.74, 6) is 0. The van der Waals surface area contributed by atoms with E-state index in [4.69, 9.17) is 33.7 Å². The first kappa shape index (κ1) is 32.0. The third-order valence-electron chi connectivity index (χ3n) is 5.52. The second kappa shape index (κ2) is 17.4. The van der Waals surface area contributed by atoms with Crippen molar-refractivity contribution in [2.45, 2.75) is 136 Å². The Morgan fingerprint density at radius 3 is 1.65 bits per heavy atom. The predicted octanol–water partition coefficient (Wildman–Crippen LogP) is 5.66. The van der Waals surface area contributed by atoms with Crippen LogP contribution in [0, 0.1) is 0 Å². The van der Waals surface area contributed by atoms with Crippen LogP contribution in [0.5, 0.6) is 0 Å². The van der Waals surface area contributed by atoms with Crippen LogP contribution in [0.4, 0.5) is 0 Å². The standard InChI is InChI=1S/C25H52NO7P/c1-8-11-15-28-22-21(14-18-34(27,32-19(4)5)33-20(6)7)31-25(26)24(30-17-13-10-3)23(22)29-16-12-9-2/h19-25H,8-18,26H2,1-7H3/t21-,22-,23+,24+,25?/m1/s1. The second-order valence-corrected chi connectivity index (χ2v) is 11.7. The highest BCUT2D eigenvalue weighted by Gasteiger charge is 2.47. The normalized spacial score (nSPS) is 26.0. The molecule has 0 aromatic carbocycles. The van der Waals surface area contributed by atoms with E-state index in [9.17, 15) is 4.57 Å². The molecule has 1 heterocycles. The van der Waals surface area contributed by atoms with Gasteiger partial charge in [0.05, 0.1) is 24.5 Å². The van der Waals surface area contributed by atoms with Crippen molar-refractivity contribution in [1.82, 2.24) is 0 Å². The molecule has 0 aromatic rings. The molecule has 0 bridgehead atoms. The van der Waals surface area contributed by atoms with Gasteiger partial charge in [-0.25, -0.2) is 0 Å². The first-order chi connectivity index (χ1) is 16.2. The molecule has 1 saturated heterocycles. The molecule has 9 heteroatoms. The highest BCUT2D eigenvalue weighted by Crippen LogP contribution is 2.51. The van der Waals surface area contributed by atoms with Crippen LogP contribution in [0.2, 0.25) is 0 Å². The fourth-order valence-electron chi connectivity index (χ4n) is 3.91. The topological polar surface area (TPSA) is 98.5 Å². The lowest BCUT2D eigenvalue weighted by atomic mass is 9.95. The molecule has 1 aliphatic rings. The van der Waals surface area contributed by atoms with Crippen molar-refractivity contribution in [3.8, 4) is 0 Å². The van der Waals surface area contributed by atoms with Gasteiger partial charge < -0.3 is 33.7 Å². The van der Waals surface area contributed by atoms with Crippen LogP contribution in [-0.2, 0) is 32.6 Å². The number of rotatable bonds is 19. The molecule has 0 aromatic heterocycles. The summed E-state index contributed by atoms with van der Waals surface area (Å²) < 4.78 is 50.0. The van der Waals surface area contributed by atoms with E-state index < -0.39 is 26.0 Å². The molecule has 1 rings (SSSR count). The van der Waals surface area contributed by atoms with Gasteiger partial charge in [0.1, 0.15) is 24.5 Å². The fourth-order valence-corrected chi connectivity index (χ4v) is 6.02. The highest BCUT2D eigenvalue weighted by molar-refractivity contribution is 7.53. The van der Waals surface area contributed by atoms with Crippen LogP contribution in [0.15, 0.2) is 0 Å². The SMILES string of the molecule is CCCCO[C@H]1[C@H](OCCCC)[C@@H](CCP(=O)(OC(C)C)OC(C)C)OC(N)[C@H]1OCCCC. The Morgan fingerprint density at radius 1 is 0.765 bits per heavy atom. The van der Waals surface area contributed by atoms with E-state index >= 15 is 0 Å². The molecule has 5 atom stereocenters. The summed E-state index contributed by atoms with van der Waals surface area (Å²) in [6, 6.07) is 0. The lowest BCUT2D eigenvalue weighted by molar-refractivity contribution is -0.257. The second-order valence-electron chi connectivity index (χ2n) is 9.64. The van der Waals surface area contributed by atoms with E-state index in [1.54, 1.807) is 0 Å². The maximum Gasteiger partial charge on any atom is 0.331 e. The van der Waals surface area contributed by atoms with Gasteiger partial charge in [0.2, 0.25) is 0 Å². The Bertz CT molecular complexity index is 549. The molecule has 0 radical (unpaired) electrons. The summed E-state index contributed by atoms with van der Waals surface area (Å²) in [6.45, 7) is 15.6. The lowest BCUT2D eigenvalue weighted by Crippen LogP contribution is -2.63. The van der Waals surface area contributed by atoms with Crippen molar-refractivity contribution in [2.75, 3.05) is 26.0 Å². The van der Waals surface area contributed by atoms with E-state index in [0.717, 1.165) is 38.5 Å². The number of unbranched alkanes of at least 4 members (excludes halogenated alkanes) is 3. The molecule has 0 aliphatic carbocycles.